The van der Waals surface area contributed by atoms with Gasteiger partial charge in [-0.25, -0.2) is 0 Å². The first-order valence-electron chi connectivity index (χ1n) is 3.67. The summed E-state index contributed by atoms with van der Waals surface area (Å²) >= 11 is 0. The van der Waals surface area contributed by atoms with Crippen LogP contribution in [0.15, 0.2) is 36.5 Å². The van der Waals surface area contributed by atoms with Crippen LogP contribution in [-0.4, -0.2) is 13.3 Å². The molecule has 0 atom stereocenters. The van der Waals surface area contributed by atoms with E-state index >= 15 is 0 Å². The van der Waals surface area contributed by atoms with Gasteiger partial charge in [0.15, 0.2) is 0 Å². The molecule has 0 fully saturated rings. The Labute approximate surface area is 73.4 Å². The van der Waals surface area contributed by atoms with Gasteiger partial charge in [-0.3, -0.25) is 0 Å². The van der Waals surface area contributed by atoms with Gasteiger partial charge in [0.05, 0.1) is 4.86 Å². The van der Waals surface area contributed by atoms with Crippen molar-refractivity contribution in [2.75, 3.05) is 0 Å². The second-order valence-corrected chi connectivity index (χ2v) is 3.44. The molecule has 0 amide bonds. The zero-order chi connectivity index (χ0) is 8.97. The Morgan fingerprint density at radius 1 is 1.58 bits per heavy atom. The molecule has 0 aromatic heterocycles. The third kappa shape index (κ3) is 1.95. The van der Waals surface area contributed by atoms with E-state index in [0.29, 0.717) is 17.7 Å². The summed E-state index contributed by atoms with van der Waals surface area (Å²) in [6, 6.07) is 0. The SMILES string of the molecule is C=CCC1=CC=CCC1=S(=O)=O. The molecule has 1 aliphatic carbocycles. The molecule has 0 aromatic carbocycles. The van der Waals surface area contributed by atoms with Gasteiger partial charge < -0.3 is 0 Å². The van der Waals surface area contributed by atoms with Crippen LogP contribution in [0, 0.1) is 0 Å². The smallest absolute Gasteiger partial charge is 0.184 e. The van der Waals surface area contributed by atoms with Crippen LogP contribution in [0.3, 0.4) is 0 Å². The van der Waals surface area contributed by atoms with Gasteiger partial charge in [0.1, 0.15) is 0 Å². The van der Waals surface area contributed by atoms with E-state index in [4.69, 9.17) is 0 Å². The minimum atomic E-state index is -2.08. The Kier molecular flexibility index (Phi) is 3.05. The first-order chi connectivity index (χ1) is 5.75. The molecule has 0 saturated heterocycles. The molecule has 0 bridgehead atoms. The Hall–Kier alpha value is -1.09. The van der Waals surface area contributed by atoms with Crippen molar-refractivity contribution >= 4 is 15.2 Å². The van der Waals surface area contributed by atoms with Gasteiger partial charge in [-0.05, 0) is 12.0 Å². The molecule has 0 heterocycles. The van der Waals surface area contributed by atoms with E-state index in [1.165, 1.54) is 0 Å². The van der Waals surface area contributed by atoms with Crippen LogP contribution in [0.4, 0.5) is 0 Å². The van der Waals surface area contributed by atoms with Gasteiger partial charge in [-0.15, -0.1) is 6.58 Å². The monoisotopic (exact) mass is 182 g/mol. The van der Waals surface area contributed by atoms with Crippen molar-refractivity contribution in [1.82, 2.24) is 0 Å². The van der Waals surface area contributed by atoms with Gasteiger partial charge in [-0.2, -0.15) is 8.42 Å². The van der Waals surface area contributed by atoms with Gasteiger partial charge in [0, 0.05) is 6.42 Å². The average Bonchev–Trinajstić information content (AvgIpc) is 2.05. The molecular weight excluding hydrogens is 172 g/mol. The van der Waals surface area contributed by atoms with Gasteiger partial charge in [0.25, 0.3) is 0 Å². The molecule has 0 aliphatic heterocycles. The molecule has 0 saturated carbocycles. The van der Waals surface area contributed by atoms with Crippen LogP contribution in [0.25, 0.3) is 0 Å². The van der Waals surface area contributed by atoms with E-state index in [1.807, 2.05) is 18.2 Å². The highest BCUT2D eigenvalue weighted by Gasteiger charge is 2.07. The van der Waals surface area contributed by atoms with E-state index in [9.17, 15) is 8.42 Å². The summed E-state index contributed by atoms with van der Waals surface area (Å²) in [6.07, 6.45) is 8.35. The average molecular weight is 182 g/mol. The Morgan fingerprint density at radius 3 is 2.92 bits per heavy atom. The van der Waals surface area contributed by atoms with Crippen LogP contribution in [-0.2, 0) is 10.3 Å². The molecule has 0 radical (unpaired) electrons. The maximum absolute atomic E-state index is 10.7. The normalized spacial score (nSPS) is 15.7. The maximum Gasteiger partial charge on any atom is 0.217 e. The van der Waals surface area contributed by atoms with E-state index in [1.54, 1.807) is 6.08 Å². The van der Waals surface area contributed by atoms with Crippen LogP contribution in [0.1, 0.15) is 12.8 Å². The summed E-state index contributed by atoms with van der Waals surface area (Å²) in [5.41, 5.74) is 0.848. The number of allylic oxidation sites excluding steroid dienone is 5. The fourth-order valence-electron chi connectivity index (χ4n) is 1.10. The molecular formula is C9H10O2S. The van der Waals surface area contributed by atoms with E-state index in [2.05, 4.69) is 6.58 Å². The Balaban J connectivity index is 3.08. The van der Waals surface area contributed by atoms with Crippen molar-refractivity contribution in [2.45, 2.75) is 12.8 Å². The van der Waals surface area contributed by atoms with Gasteiger partial charge in [0.2, 0.25) is 10.3 Å². The molecule has 12 heavy (non-hydrogen) atoms. The summed E-state index contributed by atoms with van der Waals surface area (Å²) in [7, 11) is -2.08. The molecule has 2 nitrogen and oxygen atoms in total. The first kappa shape index (κ1) is 9.00. The fourth-order valence-corrected chi connectivity index (χ4v) is 1.69. The van der Waals surface area contributed by atoms with Gasteiger partial charge >= 0.3 is 0 Å². The lowest BCUT2D eigenvalue weighted by Gasteiger charge is -2.05. The second kappa shape index (κ2) is 4.07. The van der Waals surface area contributed by atoms with Crippen LogP contribution < -0.4 is 0 Å². The number of rotatable bonds is 2. The molecule has 64 valence electrons. The van der Waals surface area contributed by atoms with E-state index in [0.717, 1.165) is 5.57 Å². The van der Waals surface area contributed by atoms with Crippen molar-refractivity contribution in [3.05, 3.63) is 36.5 Å². The van der Waals surface area contributed by atoms with Crippen molar-refractivity contribution in [3.63, 3.8) is 0 Å². The highest BCUT2D eigenvalue weighted by molar-refractivity contribution is 7.73. The van der Waals surface area contributed by atoms with Crippen molar-refractivity contribution in [3.8, 4) is 0 Å². The maximum atomic E-state index is 10.7. The highest BCUT2D eigenvalue weighted by Crippen LogP contribution is 2.12. The van der Waals surface area contributed by atoms with E-state index in [-0.39, 0.29) is 0 Å². The molecule has 0 aromatic rings. The minimum Gasteiger partial charge on any atom is -0.184 e. The lowest BCUT2D eigenvalue weighted by molar-refractivity contribution is 0.627. The van der Waals surface area contributed by atoms with Crippen molar-refractivity contribution < 1.29 is 8.42 Å². The third-order valence-corrected chi connectivity index (χ3v) is 2.49. The standard InChI is InChI=1S/C9H10O2S/c1-2-5-8-6-3-4-7-9(8)12(10)11/h2-4,6H,1,5,7H2. The molecule has 0 spiro atoms. The Morgan fingerprint density at radius 2 is 2.33 bits per heavy atom. The predicted molar refractivity (Wildman–Crippen MR) is 50.6 cm³/mol. The fraction of sp³-hybridized carbons (Fsp3) is 0.222. The summed E-state index contributed by atoms with van der Waals surface area (Å²) < 4.78 is 21.4. The van der Waals surface area contributed by atoms with E-state index < -0.39 is 10.3 Å². The lowest BCUT2D eigenvalue weighted by Crippen LogP contribution is -2.05. The second-order valence-electron chi connectivity index (χ2n) is 2.47. The highest BCUT2D eigenvalue weighted by atomic mass is 32.2. The third-order valence-electron chi connectivity index (χ3n) is 1.66. The minimum absolute atomic E-state index is 0.484. The number of hydrogen-bond donors (Lipinski definition) is 0. The summed E-state index contributed by atoms with van der Waals surface area (Å²) in [5, 5.41) is 0. The molecule has 1 rings (SSSR count). The summed E-state index contributed by atoms with van der Waals surface area (Å²) in [5.74, 6) is 0. The molecule has 0 N–H and O–H groups in total. The molecule has 1 aliphatic rings. The van der Waals surface area contributed by atoms with Crippen molar-refractivity contribution in [2.24, 2.45) is 0 Å². The predicted octanol–water partition coefficient (Wildman–Crippen LogP) is 1.50. The molecule has 0 unspecified atom stereocenters. The Bertz CT molecular complexity index is 361. The zero-order valence-electron chi connectivity index (χ0n) is 6.66. The van der Waals surface area contributed by atoms with Crippen LogP contribution in [0.2, 0.25) is 0 Å². The first-order valence-corrected chi connectivity index (χ1v) is 4.75. The van der Waals surface area contributed by atoms with Crippen LogP contribution >= 0.6 is 0 Å². The summed E-state index contributed by atoms with van der Waals surface area (Å²) in [4.78, 5) is 0.484. The van der Waals surface area contributed by atoms with Gasteiger partial charge in [-0.1, -0.05) is 24.3 Å². The lowest BCUT2D eigenvalue weighted by atomic mass is 10.0. The zero-order valence-corrected chi connectivity index (χ0v) is 7.47. The topological polar surface area (TPSA) is 34.1 Å². The largest absolute Gasteiger partial charge is 0.217 e. The quantitative estimate of drug-likeness (QED) is 0.479. The van der Waals surface area contributed by atoms with Crippen LogP contribution in [0.5, 0.6) is 0 Å². The van der Waals surface area contributed by atoms with Crippen molar-refractivity contribution in [1.29, 1.82) is 0 Å². The summed E-state index contributed by atoms with van der Waals surface area (Å²) in [6.45, 7) is 3.57. The number of hydrogen-bond acceptors (Lipinski definition) is 2. The molecule has 3 heteroatoms.